The van der Waals surface area contributed by atoms with Crippen molar-refractivity contribution in [3.63, 3.8) is 0 Å². The lowest BCUT2D eigenvalue weighted by molar-refractivity contribution is 0.204. The average molecular weight is 348 g/mol. The molecule has 128 valence electrons. The summed E-state index contributed by atoms with van der Waals surface area (Å²) in [5, 5.41) is 12.6. The number of carbonyl (C=O) groups is 1. The number of amides is 2. The number of nitrogens with zero attached hydrogens (tertiary/aromatic N) is 2. The predicted octanol–water partition coefficient (Wildman–Crippen LogP) is 3.04. The molecular weight excluding hydrogens is 326 g/mol. The molecule has 0 saturated carbocycles. The molecule has 2 amide bonds. The molecule has 6 heteroatoms. The topological polar surface area (TPSA) is 65.5 Å². The van der Waals surface area contributed by atoms with Crippen LogP contribution in [-0.4, -0.2) is 41.2 Å². The summed E-state index contributed by atoms with van der Waals surface area (Å²) >= 11 is 5.76. The molecule has 0 bridgehead atoms. The summed E-state index contributed by atoms with van der Waals surface area (Å²) in [6.45, 7) is 1.01. The van der Waals surface area contributed by atoms with Crippen LogP contribution in [0.2, 0.25) is 5.15 Å². The fraction of sp³-hybridized carbons (Fsp3) is 0.333. The number of aliphatic hydroxyl groups excluding tert-OH is 1. The second-order valence-corrected chi connectivity index (χ2v) is 6.04. The van der Waals surface area contributed by atoms with E-state index in [1.807, 2.05) is 36.4 Å². The van der Waals surface area contributed by atoms with E-state index < -0.39 is 0 Å². The van der Waals surface area contributed by atoms with E-state index >= 15 is 0 Å². The fourth-order valence-corrected chi connectivity index (χ4v) is 2.57. The van der Waals surface area contributed by atoms with Crippen LogP contribution in [0, 0.1) is 0 Å². The lowest BCUT2D eigenvalue weighted by atomic mass is 9.96. The zero-order valence-corrected chi connectivity index (χ0v) is 14.4. The molecule has 1 atom stereocenters. The van der Waals surface area contributed by atoms with Gasteiger partial charge in [0.25, 0.3) is 0 Å². The second-order valence-electron chi connectivity index (χ2n) is 5.65. The molecule has 0 fully saturated rings. The summed E-state index contributed by atoms with van der Waals surface area (Å²) in [6.07, 6.45) is 2.26. The highest BCUT2D eigenvalue weighted by molar-refractivity contribution is 6.29. The Kier molecular flexibility index (Phi) is 7.03. The van der Waals surface area contributed by atoms with Gasteiger partial charge in [0.2, 0.25) is 0 Å². The van der Waals surface area contributed by atoms with Crippen molar-refractivity contribution in [2.24, 2.45) is 0 Å². The molecule has 1 aromatic carbocycles. The van der Waals surface area contributed by atoms with Crippen molar-refractivity contribution >= 4 is 17.6 Å². The number of halogens is 1. The van der Waals surface area contributed by atoms with Crippen LogP contribution in [0.4, 0.5) is 4.79 Å². The number of carbonyl (C=O) groups excluding carboxylic acids is 1. The van der Waals surface area contributed by atoms with Gasteiger partial charge >= 0.3 is 6.03 Å². The van der Waals surface area contributed by atoms with Crippen LogP contribution < -0.4 is 5.32 Å². The van der Waals surface area contributed by atoms with Crippen molar-refractivity contribution in [2.45, 2.75) is 18.9 Å². The van der Waals surface area contributed by atoms with E-state index in [2.05, 4.69) is 10.3 Å². The maximum absolute atomic E-state index is 12.3. The molecule has 0 aliphatic carbocycles. The van der Waals surface area contributed by atoms with E-state index in [4.69, 9.17) is 11.6 Å². The molecule has 0 aliphatic rings. The zero-order chi connectivity index (χ0) is 17.4. The third kappa shape index (κ3) is 5.51. The lowest BCUT2D eigenvalue weighted by Gasteiger charge is -2.21. The number of hydrogen-bond acceptors (Lipinski definition) is 3. The van der Waals surface area contributed by atoms with Gasteiger partial charge in [-0.15, -0.1) is 0 Å². The maximum Gasteiger partial charge on any atom is 0.317 e. The zero-order valence-electron chi connectivity index (χ0n) is 13.7. The third-order valence-corrected chi connectivity index (χ3v) is 4.03. The maximum atomic E-state index is 12.3. The fourth-order valence-electron chi connectivity index (χ4n) is 2.46. The Bertz CT molecular complexity index is 634. The van der Waals surface area contributed by atoms with E-state index in [0.717, 1.165) is 11.1 Å². The van der Waals surface area contributed by atoms with Crippen LogP contribution in [-0.2, 0) is 6.54 Å². The number of pyridine rings is 1. The Morgan fingerprint density at radius 1 is 1.29 bits per heavy atom. The molecule has 0 saturated heterocycles. The number of nitrogens with one attached hydrogen (secondary N) is 1. The lowest BCUT2D eigenvalue weighted by Crippen LogP contribution is -2.39. The number of benzene rings is 1. The van der Waals surface area contributed by atoms with Crippen molar-refractivity contribution in [1.29, 1.82) is 0 Å². The highest BCUT2D eigenvalue weighted by Crippen LogP contribution is 2.18. The monoisotopic (exact) mass is 347 g/mol. The van der Waals surface area contributed by atoms with Gasteiger partial charge in [0.05, 0.1) is 0 Å². The summed E-state index contributed by atoms with van der Waals surface area (Å²) in [4.78, 5) is 17.9. The minimum absolute atomic E-state index is 0.0850. The SMILES string of the molecule is CN(Cc1ccc(Cl)nc1)C(=O)NCC(CCO)c1ccccc1. The predicted molar refractivity (Wildman–Crippen MR) is 95.0 cm³/mol. The van der Waals surface area contributed by atoms with Gasteiger partial charge in [0.1, 0.15) is 5.15 Å². The van der Waals surface area contributed by atoms with Crippen LogP contribution in [0.5, 0.6) is 0 Å². The van der Waals surface area contributed by atoms with Crippen molar-refractivity contribution in [3.8, 4) is 0 Å². The molecule has 2 N–H and O–H groups in total. The van der Waals surface area contributed by atoms with Crippen molar-refractivity contribution in [2.75, 3.05) is 20.2 Å². The summed E-state index contributed by atoms with van der Waals surface area (Å²) in [7, 11) is 1.73. The van der Waals surface area contributed by atoms with Crippen LogP contribution in [0.3, 0.4) is 0 Å². The van der Waals surface area contributed by atoms with Crippen LogP contribution in [0.1, 0.15) is 23.5 Å². The second kappa shape index (κ2) is 9.25. The molecule has 0 radical (unpaired) electrons. The van der Waals surface area contributed by atoms with E-state index in [-0.39, 0.29) is 18.6 Å². The number of aromatic nitrogens is 1. The molecule has 0 aliphatic heterocycles. The van der Waals surface area contributed by atoms with E-state index in [0.29, 0.717) is 24.7 Å². The highest BCUT2D eigenvalue weighted by Gasteiger charge is 2.14. The highest BCUT2D eigenvalue weighted by atomic mass is 35.5. The molecular formula is C18H22ClN3O2. The molecule has 0 spiro atoms. The quantitative estimate of drug-likeness (QED) is 0.756. The largest absolute Gasteiger partial charge is 0.396 e. The van der Waals surface area contributed by atoms with Gasteiger partial charge < -0.3 is 15.3 Å². The van der Waals surface area contributed by atoms with Gasteiger partial charge in [0, 0.05) is 38.9 Å². The summed E-state index contributed by atoms with van der Waals surface area (Å²) < 4.78 is 0. The Balaban J connectivity index is 1.89. The summed E-state index contributed by atoms with van der Waals surface area (Å²) in [5.74, 6) is 0.0887. The van der Waals surface area contributed by atoms with Crippen LogP contribution in [0.15, 0.2) is 48.7 Å². The first-order chi connectivity index (χ1) is 11.6. The summed E-state index contributed by atoms with van der Waals surface area (Å²) in [5.41, 5.74) is 2.02. The standard InChI is InChI=1S/C18H22ClN3O2/c1-22(13-14-7-8-17(19)20-11-14)18(24)21-12-16(9-10-23)15-5-3-2-4-6-15/h2-8,11,16,23H,9-10,12-13H2,1H3,(H,21,24). The van der Waals surface area contributed by atoms with Crippen LogP contribution >= 0.6 is 11.6 Å². The first-order valence-electron chi connectivity index (χ1n) is 7.85. The number of urea groups is 1. The Hall–Kier alpha value is -2.11. The van der Waals surface area contributed by atoms with Gasteiger partial charge in [-0.2, -0.15) is 0 Å². The molecule has 24 heavy (non-hydrogen) atoms. The Morgan fingerprint density at radius 3 is 2.67 bits per heavy atom. The van der Waals surface area contributed by atoms with E-state index in [1.165, 1.54) is 0 Å². The minimum Gasteiger partial charge on any atom is -0.396 e. The summed E-state index contributed by atoms with van der Waals surface area (Å²) in [6, 6.07) is 13.3. The normalized spacial score (nSPS) is 11.8. The van der Waals surface area contributed by atoms with Crippen molar-refractivity contribution in [3.05, 3.63) is 64.9 Å². The first kappa shape index (κ1) is 18.2. The first-order valence-corrected chi connectivity index (χ1v) is 8.23. The van der Waals surface area contributed by atoms with Crippen molar-refractivity contribution in [1.82, 2.24) is 15.2 Å². The van der Waals surface area contributed by atoms with Gasteiger partial charge in [-0.25, -0.2) is 9.78 Å². The van der Waals surface area contributed by atoms with Crippen LogP contribution in [0.25, 0.3) is 0 Å². The average Bonchev–Trinajstić information content (AvgIpc) is 2.61. The molecule has 2 aromatic rings. The van der Waals surface area contributed by atoms with Gasteiger partial charge in [0.15, 0.2) is 0 Å². The molecule has 2 rings (SSSR count). The molecule has 1 heterocycles. The van der Waals surface area contributed by atoms with Crippen molar-refractivity contribution < 1.29 is 9.90 Å². The van der Waals surface area contributed by atoms with Gasteiger partial charge in [-0.3, -0.25) is 0 Å². The minimum atomic E-state index is -0.163. The number of rotatable bonds is 7. The molecule has 5 nitrogen and oxygen atoms in total. The number of aliphatic hydroxyl groups is 1. The van der Waals surface area contributed by atoms with E-state index in [9.17, 15) is 9.90 Å². The molecule has 1 aromatic heterocycles. The Morgan fingerprint density at radius 2 is 2.04 bits per heavy atom. The van der Waals surface area contributed by atoms with Gasteiger partial charge in [-0.05, 0) is 23.6 Å². The van der Waals surface area contributed by atoms with Gasteiger partial charge in [-0.1, -0.05) is 48.0 Å². The Labute approximate surface area is 147 Å². The number of hydrogen-bond donors (Lipinski definition) is 2. The molecule has 1 unspecified atom stereocenters. The van der Waals surface area contributed by atoms with E-state index in [1.54, 1.807) is 24.2 Å². The third-order valence-electron chi connectivity index (χ3n) is 3.80. The smallest absolute Gasteiger partial charge is 0.317 e.